The first-order chi connectivity index (χ1) is 15.8. The number of hydrogen-bond donors (Lipinski definition) is 0. The largest absolute Gasteiger partial charge is 0.493 e. The van der Waals surface area contributed by atoms with E-state index in [9.17, 15) is 18.8 Å². The van der Waals surface area contributed by atoms with Gasteiger partial charge in [-0.15, -0.1) is 0 Å². The zero-order chi connectivity index (χ0) is 24.0. The molecule has 0 aliphatic carbocycles. The Morgan fingerprint density at radius 3 is 2.55 bits per heavy atom. The normalized spacial score (nSPS) is 15.6. The molecule has 1 saturated heterocycles. The second-order valence-electron chi connectivity index (χ2n) is 7.30. The lowest BCUT2D eigenvalue weighted by molar-refractivity contribution is -0.150. The van der Waals surface area contributed by atoms with Crippen molar-refractivity contribution in [3.63, 3.8) is 0 Å². The molecule has 1 aliphatic rings. The predicted molar refractivity (Wildman–Crippen MR) is 122 cm³/mol. The van der Waals surface area contributed by atoms with E-state index in [-0.39, 0.29) is 23.4 Å². The summed E-state index contributed by atoms with van der Waals surface area (Å²) >= 11 is 0.758. The van der Waals surface area contributed by atoms with Crippen molar-refractivity contribution in [3.8, 4) is 11.5 Å². The fourth-order valence-electron chi connectivity index (χ4n) is 2.90. The first kappa shape index (κ1) is 24.3. The van der Waals surface area contributed by atoms with Crippen molar-refractivity contribution in [1.82, 2.24) is 4.90 Å². The van der Waals surface area contributed by atoms with Crippen molar-refractivity contribution in [3.05, 3.63) is 64.3 Å². The topological polar surface area (TPSA) is 82.1 Å². The van der Waals surface area contributed by atoms with Gasteiger partial charge < -0.3 is 14.2 Å². The lowest BCUT2D eigenvalue weighted by Gasteiger charge is -2.14. The number of nitrogens with zero attached hydrogens (tertiary/aromatic N) is 1. The van der Waals surface area contributed by atoms with E-state index in [1.54, 1.807) is 43.3 Å². The number of methoxy groups -OCH3 is 1. The van der Waals surface area contributed by atoms with Gasteiger partial charge in [0.2, 0.25) is 0 Å². The molecule has 1 heterocycles. The van der Waals surface area contributed by atoms with E-state index >= 15 is 0 Å². The molecule has 1 fully saturated rings. The molecule has 1 atom stereocenters. The minimum Gasteiger partial charge on any atom is -0.493 e. The third-order valence-corrected chi connectivity index (χ3v) is 5.77. The summed E-state index contributed by atoms with van der Waals surface area (Å²) < 4.78 is 29.3. The molecule has 0 radical (unpaired) electrons. The molecule has 2 aromatic carbocycles. The minimum atomic E-state index is -0.628. The highest BCUT2D eigenvalue weighted by Gasteiger charge is 2.36. The number of imide groups is 1. The van der Waals surface area contributed by atoms with Crippen LogP contribution in [0.1, 0.15) is 31.4 Å². The van der Waals surface area contributed by atoms with Crippen LogP contribution in [-0.2, 0) is 20.9 Å². The lowest BCUT2D eigenvalue weighted by atomic mass is 10.1. The predicted octanol–water partition coefficient (Wildman–Crippen LogP) is 4.79. The summed E-state index contributed by atoms with van der Waals surface area (Å²) in [7, 11) is 1.49. The highest BCUT2D eigenvalue weighted by molar-refractivity contribution is 8.18. The van der Waals surface area contributed by atoms with Gasteiger partial charge in [0.25, 0.3) is 11.1 Å². The van der Waals surface area contributed by atoms with Crippen LogP contribution in [0, 0.1) is 5.82 Å². The molecule has 0 N–H and O–H groups in total. The third kappa shape index (κ3) is 6.35. The number of ether oxygens (including phenoxy) is 3. The number of benzene rings is 2. The number of amides is 2. The van der Waals surface area contributed by atoms with Gasteiger partial charge in [-0.2, -0.15) is 0 Å². The molecular formula is C24H24FNO6S. The molecule has 174 valence electrons. The Balaban J connectivity index is 1.69. The first-order valence-electron chi connectivity index (χ1n) is 10.3. The zero-order valence-electron chi connectivity index (χ0n) is 18.5. The minimum absolute atomic E-state index is 0.193. The third-order valence-electron chi connectivity index (χ3n) is 4.86. The Kier molecular flexibility index (Phi) is 8.11. The molecule has 3 rings (SSSR count). The van der Waals surface area contributed by atoms with Crippen LogP contribution in [0.2, 0.25) is 0 Å². The molecule has 1 aliphatic heterocycles. The molecule has 0 unspecified atom stereocenters. The lowest BCUT2D eigenvalue weighted by Crippen LogP contribution is -2.35. The van der Waals surface area contributed by atoms with Gasteiger partial charge in [0.15, 0.2) is 11.5 Å². The van der Waals surface area contributed by atoms with Gasteiger partial charge in [0, 0.05) is 0 Å². The Hall–Kier alpha value is -3.33. The summed E-state index contributed by atoms with van der Waals surface area (Å²) in [6.45, 7) is 3.41. The van der Waals surface area contributed by atoms with E-state index in [0.29, 0.717) is 23.5 Å². The standard InChI is InChI=1S/C24H24FNO6S/c1-4-15(2)32-22(27)13-26-23(28)21(33-24(26)29)12-17-7-10-19(20(11-17)30-3)31-14-16-5-8-18(25)9-6-16/h5-12,15H,4,13-14H2,1-3H3/b21-12-/t15-/m0/s1. The smallest absolute Gasteiger partial charge is 0.326 e. The van der Waals surface area contributed by atoms with Gasteiger partial charge in [-0.3, -0.25) is 19.3 Å². The number of carbonyl (C=O) groups excluding carboxylic acids is 3. The average molecular weight is 474 g/mol. The number of carbonyl (C=O) groups is 3. The van der Waals surface area contributed by atoms with Crippen molar-refractivity contribution in [2.24, 2.45) is 0 Å². The van der Waals surface area contributed by atoms with Crippen LogP contribution in [0.4, 0.5) is 9.18 Å². The number of rotatable bonds is 9. The van der Waals surface area contributed by atoms with Gasteiger partial charge in [0.05, 0.1) is 18.1 Å². The van der Waals surface area contributed by atoms with Gasteiger partial charge >= 0.3 is 5.97 Å². The van der Waals surface area contributed by atoms with E-state index in [2.05, 4.69) is 0 Å². The second kappa shape index (κ2) is 11.0. The average Bonchev–Trinajstić information content (AvgIpc) is 3.06. The number of hydrogen-bond acceptors (Lipinski definition) is 7. The molecule has 0 spiro atoms. The molecule has 7 nitrogen and oxygen atoms in total. The van der Waals surface area contributed by atoms with Crippen molar-refractivity contribution in [2.45, 2.75) is 33.0 Å². The number of esters is 1. The number of thioether (sulfide) groups is 1. The van der Waals surface area contributed by atoms with Crippen LogP contribution in [0.15, 0.2) is 47.4 Å². The Labute approximate surface area is 195 Å². The number of halogens is 1. The summed E-state index contributed by atoms with van der Waals surface area (Å²) in [4.78, 5) is 37.9. The summed E-state index contributed by atoms with van der Waals surface area (Å²) in [5.41, 5.74) is 1.41. The first-order valence-corrected chi connectivity index (χ1v) is 11.1. The summed E-state index contributed by atoms with van der Waals surface area (Å²) in [6, 6.07) is 11.0. The Morgan fingerprint density at radius 1 is 1.15 bits per heavy atom. The van der Waals surface area contributed by atoms with Crippen LogP contribution < -0.4 is 9.47 Å². The maximum absolute atomic E-state index is 13.0. The monoisotopic (exact) mass is 473 g/mol. The van der Waals surface area contributed by atoms with Crippen molar-refractivity contribution in [2.75, 3.05) is 13.7 Å². The maximum Gasteiger partial charge on any atom is 0.326 e. The molecule has 9 heteroatoms. The van der Waals surface area contributed by atoms with Crippen molar-refractivity contribution in [1.29, 1.82) is 0 Å². The fraction of sp³-hybridized carbons (Fsp3) is 0.292. The molecular weight excluding hydrogens is 449 g/mol. The summed E-state index contributed by atoms with van der Waals surface area (Å²) in [5.74, 6) is -0.599. The van der Waals surface area contributed by atoms with Gasteiger partial charge in [0.1, 0.15) is 19.0 Å². The summed E-state index contributed by atoms with van der Waals surface area (Å²) in [6.07, 6.45) is 1.90. The van der Waals surface area contributed by atoms with E-state index in [1.165, 1.54) is 19.2 Å². The summed E-state index contributed by atoms with van der Waals surface area (Å²) in [5, 5.41) is -0.529. The van der Waals surface area contributed by atoms with E-state index in [0.717, 1.165) is 22.2 Å². The van der Waals surface area contributed by atoms with Gasteiger partial charge in [-0.25, -0.2) is 4.39 Å². The molecule has 2 aromatic rings. The van der Waals surface area contributed by atoms with Crippen LogP contribution in [0.3, 0.4) is 0 Å². The van der Waals surface area contributed by atoms with E-state index in [1.807, 2.05) is 6.92 Å². The van der Waals surface area contributed by atoms with Gasteiger partial charge in [-0.05, 0) is 66.6 Å². The molecule has 33 heavy (non-hydrogen) atoms. The van der Waals surface area contributed by atoms with E-state index in [4.69, 9.17) is 14.2 Å². The molecule has 2 amide bonds. The van der Waals surface area contributed by atoms with Crippen LogP contribution in [-0.4, -0.2) is 41.8 Å². The quantitative estimate of drug-likeness (QED) is 0.382. The fourth-order valence-corrected chi connectivity index (χ4v) is 3.73. The van der Waals surface area contributed by atoms with Crippen LogP contribution >= 0.6 is 11.8 Å². The molecule has 0 bridgehead atoms. The zero-order valence-corrected chi connectivity index (χ0v) is 19.3. The SMILES string of the molecule is CC[C@H](C)OC(=O)CN1C(=O)S/C(=C\c2ccc(OCc3ccc(F)cc3)c(OC)c2)C1=O. The highest BCUT2D eigenvalue weighted by Crippen LogP contribution is 2.34. The Bertz CT molecular complexity index is 1070. The van der Waals surface area contributed by atoms with Crippen LogP contribution in [0.25, 0.3) is 6.08 Å². The highest BCUT2D eigenvalue weighted by atomic mass is 32.2. The van der Waals surface area contributed by atoms with Gasteiger partial charge in [-0.1, -0.05) is 25.1 Å². The van der Waals surface area contributed by atoms with Crippen molar-refractivity contribution >= 4 is 35.0 Å². The maximum atomic E-state index is 13.0. The Morgan fingerprint density at radius 2 is 1.88 bits per heavy atom. The van der Waals surface area contributed by atoms with Crippen LogP contribution in [0.5, 0.6) is 11.5 Å². The molecule has 0 aromatic heterocycles. The molecule has 0 saturated carbocycles. The van der Waals surface area contributed by atoms with Crippen molar-refractivity contribution < 1.29 is 33.0 Å². The van der Waals surface area contributed by atoms with E-state index < -0.39 is 23.7 Å². The second-order valence-corrected chi connectivity index (χ2v) is 8.30.